The summed E-state index contributed by atoms with van der Waals surface area (Å²) in [7, 11) is 0. The van der Waals surface area contributed by atoms with Gasteiger partial charge in [-0.05, 0) is 55.9 Å². The highest BCUT2D eigenvalue weighted by atomic mass is 15.1. The normalized spacial score (nSPS) is 15.9. The van der Waals surface area contributed by atoms with E-state index >= 15 is 0 Å². The summed E-state index contributed by atoms with van der Waals surface area (Å²) < 4.78 is 0. The molecule has 25 heavy (non-hydrogen) atoms. The summed E-state index contributed by atoms with van der Waals surface area (Å²) in [6, 6.07) is 2.32. The fourth-order valence-electron chi connectivity index (χ4n) is 4.00. The molecule has 4 N–H and O–H groups in total. The molecular weight excluding hydrogens is 310 g/mol. The zero-order valence-electron chi connectivity index (χ0n) is 16.5. The molecule has 0 fully saturated rings. The minimum atomic E-state index is 0.226. The smallest absolute Gasteiger partial charge is 0.106 e. The van der Waals surface area contributed by atoms with Crippen LogP contribution in [0.5, 0.6) is 0 Å². The third kappa shape index (κ3) is 7.02. The van der Waals surface area contributed by atoms with E-state index in [4.69, 9.17) is 5.73 Å². The Kier molecular flexibility index (Phi) is 6.82. The Bertz CT molecular complexity index is 612. The van der Waals surface area contributed by atoms with Crippen LogP contribution >= 0.6 is 0 Å². The molecule has 5 heteroatoms. The van der Waals surface area contributed by atoms with Crippen molar-refractivity contribution in [2.75, 3.05) is 0 Å². The summed E-state index contributed by atoms with van der Waals surface area (Å²) >= 11 is 0. The third-order valence-electron chi connectivity index (χ3n) is 4.69. The van der Waals surface area contributed by atoms with Gasteiger partial charge in [0.1, 0.15) is 5.82 Å². The molecular formula is C20H35N5. The molecule has 5 nitrogen and oxygen atoms in total. The molecule has 0 aliphatic rings. The van der Waals surface area contributed by atoms with Crippen molar-refractivity contribution in [1.82, 2.24) is 20.2 Å². The average Bonchev–Trinajstić information content (AvgIpc) is 3.08. The second kappa shape index (κ2) is 8.65. The van der Waals surface area contributed by atoms with Gasteiger partial charge in [0.05, 0.1) is 5.69 Å². The summed E-state index contributed by atoms with van der Waals surface area (Å²) in [5.41, 5.74) is 8.51. The van der Waals surface area contributed by atoms with Gasteiger partial charge in [0.2, 0.25) is 0 Å². The highest BCUT2D eigenvalue weighted by Crippen LogP contribution is 2.30. The Labute approximate surface area is 152 Å². The van der Waals surface area contributed by atoms with Gasteiger partial charge in [0.25, 0.3) is 0 Å². The van der Waals surface area contributed by atoms with E-state index in [-0.39, 0.29) is 11.5 Å². The summed E-state index contributed by atoms with van der Waals surface area (Å²) in [5.74, 6) is 2.27. The van der Waals surface area contributed by atoms with Crippen molar-refractivity contribution < 1.29 is 0 Å². The number of hydrogen-bond acceptors (Lipinski definition) is 3. The van der Waals surface area contributed by atoms with E-state index in [2.05, 4.69) is 54.8 Å². The van der Waals surface area contributed by atoms with Crippen LogP contribution in [0.25, 0.3) is 0 Å². The van der Waals surface area contributed by atoms with Crippen molar-refractivity contribution in [1.29, 1.82) is 0 Å². The Morgan fingerprint density at radius 1 is 1.16 bits per heavy atom. The Balaban J connectivity index is 1.85. The van der Waals surface area contributed by atoms with Crippen molar-refractivity contribution in [3.8, 4) is 0 Å². The maximum Gasteiger partial charge on any atom is 0.106 e. The first kappa shape index (κ1) is 19.7. The number of aromatic nitrogens is 4. The number of nitrogens with two attached hydrogens (primary N) is 1. The highest BCUT2D eigenvalue weighted by molar-refractivity contribution is 5.06. The molecule has 0 aromatic carbocycles. The number of imidazole rings is 1. The van der Waals surface area contributed by atoms with E-state index in [1.54, 1.807) is 0 Å². The minimum Gasteiger partial charge on any atom is -0.346 e. The van der Waals surface area contributed by atoms with Crippen LogP contribution in [0.2, 0.25) is 0 Å². The van der Waals surface area contributed by atoms with Gasteiger partial charge in [0, 0.05) is 30.6 Å². The van der Waals surface area contributed by atoms with E-state index in [0.29, 0.717) is 11.8 Å². The van der Waals surface area contributed by atoms with Crippen LogP contribution in [0.1, 0.15) is 64.7 Å². The monoisotopic (exact) mass is 345 g/mol. The fourth-order valence-corrected chi connectivity index (χ4v) is 4.00. The van der Waals surface area contributed by atoms with E-state index in [9.17, 15) is 0 Å². The van der Waals surface area contributed by atoms with Gasteiger partial charge in [-0.3, -0.25) is 5.10 Å². The molecule has 2 aromatic rings. The summed E-state index contributed by atoms with van der Waals surface area (Å²) in [4.78, 5) is 8.15. The molecule has 0 saturated carbocycles. The first-order valence-electron chi connectivity index (χ1n) is 9.50. The Hall–Kier alpha value is -1.62. The van der Waals surface area contributed by atoms with Crippen LogP contribution in [-0.2, 0) is 19.3 Å². The molecule has 140 valence electrons. The van der Waals surface area contributed by atoms with Crippen LogP contribution < -0.4 is 5.73 Å². The maximum atomic E-state index is 5.94. The van der Waals surface area contributed by atoms with Crippen LogP contribution in [0, 0.1) is 17.3 Å². The molecule has 2 heterocycles. The SMILES string of the molecule is CC(Cc1cc[nH]n1)Cc1cnc(CC(C)(C)CC(C)C[C@@H](C)N)[nH]1. The lowest BCUT2D eigenvalue weighted by Gasteiger charge is -2.28. The largest absolute Gasteiger partial charge is 0.346 e. The van der Waals surface area contributed by atoms with Gasteiger partial charge in [0.15, 0.2) is 0 Å². The van der Waals surface area contributed by atoms with Gasteiger partial charge < -0.3 is 10.7 Å². The number of nitrogens with zero attached hydrogens (tertiary/aromatic N) is 2. The zero-order valence-corrected chi connectivity index (χ0v) is 16.5. The van der Waals surface area contributed by atoms with Crippen molar-refractivity contribution in [3.63, 3.8) is 0 Å². The quantitative estimate of drug-likeness (QED) is 0.611. The van der Waals surface area contributed by atoms with Crippen molar-refractivity contribution in [2.24, 2.45) is 23.0 Å². The second-order valence-corrected chi connectivity index (χ2v) is 8.80. The number of H-pyrrole nitrogens is 2. The lowest BCUT2D eigenvalue weighted by Crippen LogP contribution is -2.24. The number of hydrogen-bond donors (Lipinski definition) is 3. The van der Waals surface area contributed by atoms with Crippen LogP contribution in [0.4, 0.5) is 0 Å². The molecule has 2 aromatic heterocycles. The number of nitrogens with one attached hydrogen (secondary N) is 2. The molecule has 3 atom stereocenters. The second-order valence-electron chi connectivity index (χ2n) is 8.80. The van der Waals surface area contributed by atoms with E-state index < -0.39 is 0 Å². The fraction of sp³-hybridized carbons (Fsp3) is 0.700. The first-order valence-corrected chi connectivity index (χ1v) is 9.50. The van der Waals surface area contributed by atoms with Gasteiger partial charge in [-0.25, -0.2) is 4.98 Å². The number of aromatic amines is 2. The molecule has 0 radical (unpaired) electrons. The Morgan fingerprint density at radius 2 is 1.92 bits per heavy atom. The van der Waals surface area contributed by atoms with Crippen molar-refractivity contribution >= 4 is 0 Å². The van der Waals surface area contributed by atoms with Crippen LogP contribution in [-0.4, -0.2) is 26.2 Å². The van der Waals surface area contributed by atoms with E-state index in [0.717, 1.165) is 37.2 Å². The summed E-state index contributed by atoms with van der Waals surface area (Å²) in [6.45, 7) is 11.3. The lowest BCUT2D eigenvalue weighted by atomic mass is 9.79. The highest BCUT2D eigenvalue weighted by Gasteiger charge is 2.23. The molecule has 0 bridgehead atoms. The molecule has 0 spiro atoms. The van der Waals surface area contributed by atoms with Gasteiger partial charge >= 0.3 is 0 Å². The van der Waals surface area contributed by atoms with Crippen LogP contribution in [0.3, 0.4) is 0 Å². The van der Waals surface area contributed by atoms with Gasteiger partial charge in [-0.1, -0.05) is 27.7 Å². The molecule has 2 rings (SSSR count). The third-order valence-corrected chi connectivity index (χ3v) is 4.69. The van der Waals surface area contributed by atoms with E-state index in [1.807, 2.05) is 18.5 Å². The lowest BCUT2D eigenvalue weighted by molar-refractivity contribution is 0.256. The number of rotatable bonds is 10. The van der Waals surface area contributed by atoms with Gasteiger partial charge in [-0.2, -0.15) is 5.10 Å². The Morgan fingerprint density at radius 3 is 2.56 bits per heavy atom. The predicted octanol–water partition coefficient (Wildman–Crippen LogP) is 3.89. The van der Waals surface area contributed by atoms with Gasteiger partial charge in [-0.15, -0.1) is 0 Å². The topological polar surface area (TPSA) is 83.4 Å². The molecule has 2 unspecified atom stereocenters. The van der Waals surface area contributed by atoms with Crippen LogP contribution in [0.15, 0.2) is 18.5 Å². The predicted molar refractivity (Wildman–Crippen MR) is 103 cm³/mol. The molecule has 0 saturated heterocycles. The standard InChI is InChI=1S/C20H35N5/c1-14(9-17-6-7-23-25-17)10-18-13-22-19(24-18)12-20(4,5)11-15(2)8-16(3)21/h6-7,13-16H,8-12,21H2,1-5H3,(H,22,24)(H,23,25)/t14?,15?,16-/m1/s1. The van der Waals surface area contributed by atoms with E-state index in [1.165, 1.54) is 12.1 Å². The molecule has 0 aliphatic carbocycles. The first-order chi connectivity index (χ1) is 11.7. The average molecular weight is 346 g/mol. The minimum absolute atomic E-state index is 0.226. The summed E-state index contributed by atoms with van der Waals surface area (Å²) in [5, 5.41) is 7.12. The van der Waals surface area contributed by atoms with Crippen molar-refractivity contribution in [3.05, 3.63) is 35.7 Å². The zero-order chi connectivity index (χ0) is 18.4. The molecule has 0 amide bonds. The van der Waals surface area contributed by atoms with Crippen molar-refractivity contribution in [2.45, 2.75) is 72.8 Å². The summed E-state index contributed by atoms with van der Waals surface area (Å²) in [6.07, 6.45) is 9.09. The maximum absolute atomic E-state index is 5.94. The molecule has 0 aliphatic heterocycles.